The lowest BCUT2D eigenvalue weighted by atomic mass is 9.96. The molecule has 100 valence electrons. The second kappa shape index (κ2) is 5.36. The maximum atomic E-state index is 13.0. The van der Waals surface area contributed by atoms with Crippen molar-refractivity contribution in [2.45, 2.75) is 6.04 Å². The first-order valence-electron chi connectivity index (χ1n) is 6.34. The molecule has 0 saturated heterocycles. The van der Waals surface area contributed by atoms with Gasteiger partial charge in [-0.3, -0.25) is 10.8 Å². The molecule has 0 aliphatic heterocycles. The molecular formula is C16H14FN3. The Morgan fingerprint density at radius 3 is 2.50 bits per heavy atom. The normalized spacial score (nSPS) is 12.5. The van der Waals surface area contributed by atoms with Crippen molar-refractivity contribution in [2.24, 2.45) is 5.84 Å². The zero-order valence-corrected chi connectivity index (χ0v) is 10.8. The van der Waals surface area contributed by atoms with Crippen molar-refractivity contribution in [3.63, 3.8) is 0 Å². The summed E-state index contributed by atoms with van der Waals surface area (Å²) in [6, 6.07) is 14.1. The first-order chi connectivity index (χ1) is 9.79. The Hall–Kier alpha value is -2.30. The van der Waals surface area contributed by atoms with Crippen molar-refractivity contribution in [3.8, 4) is 0 Å². The number of hydrogen-bond donors (Lipinski definition) is 2. The molecule has 0 spiro atoms. The van der Waals surface area contributed by atoms with E-state index in [0.717, 1.165) is 21.9 Å². The third-order valence-electron chi connectivity index (χ3n) is 3.38. The van der Waals surface area contributed by atoms with Crippen LogP contribution in [0.1, 0.15) is 17.2 Å². The van der Waals surface area contributed by atoms with E-state index in [4.69, 9.17) is 5.84 Å². The molecule has 0 bridgehead atoms. The summed E-state index contributed by atoms with van der Waals surface area (Å²) in [5.74, 6) is 5.43. The Bertz CT molecular complexity index is 720. The Balaban J connectivity index is 2.14. The number of benzene rings is 2. The molecule has 1 atom stereocenters. The van der Waals surface area contributed by atoms with Crippen molar-refractivity contribution in [2.75, 3.05) is 0 Å². The number of hydrazine groups is 1. The highest BCUT2D eigenvalue weighted by molar-refractivity contribution is 5.85. The quantitative estimate of drug-likeness (QED) is 0.566. The topological polar surface area (TPSA) is 50.9 Å². The largest absolute Gasteiger partial charge is 0.271 e. The first-order valence-corrected chi connectivity index (χ1v) is 6.34. The molecular weight excluding hydrogens is 253 g/mol. The fourth-order valence-electron chi connectivity index (χ4n) is 2.39. The summed E-state index contributed by atoms with van der Waals surface area (Å²) in [6.45, 7) is 0. The molecule has 3 aromatic rings. The van der Waals surface area contributed by atoms with E-state index in [1.54, 1.807) is 18.3 Å². The molecule has 0 radical (unpaired) electrons. The lowest BCUT2D eigenvalue weighted by Crippen LogP contribution is -2.29. The first kappa shape index (κ1) is 12.7. The van der Waals surface area contributed by atoms with Gasteiger partial charge in [0.15, 0.2) is 0 Å². The SMILES string of the molecule is NNC(c1ccc(F)cc1)c1cncc2ccccc12. The minimum atomic E-state index is -0.263. The molecule has 20 heavy (non-hydrogen) atoms. The molecule has 3 N–H and O–H groups in total. The number of nitrogens with two attached hydrogens (primary N) is 1. The van der Waals surface area contributed by atoms with E-state index >= 15 is 0 Å². The Labute approximate surface area is 116 Å². The van der Waals surface area contributed by atoms with Crippen molar-refractivity contribution in [3.05, 3.63) is 77.9 Å². The summed E-state index contributed by atoms with van der Waals surface area (Å²) in [5, 5.41) is 2.13. The van der Waals surface area contributed by atoms with Crippen LogP contribution in [0.15, 0.2) is 60.9 Å². The van der Waals surface area contributed by atoms with E-state index in [-0.39, 0.29) is 11.9 Å². The molecule has 0 saturated carbocycles. The van der Waals surface area contributed by atoms with Crippen molar-refractivity contribution in [1.29, 1.82) is 0 Å². The second-order valence-electron chi connectivity index (χ2n) is 4.60. The molecule has 4 heteroatoms. The zero-order valence-electron chi connectivity index (χ0n) is 10.8. The number of nitrogens with one attached hydrogen (secondary N) is 1. The fourth-order valence-corrected chi connectivity index (χ4v) is 2.39. The highest BCUT2D eigenvalue weighted by atomic mass is 19.1. The lowest BCUT2D eigenvalue weighted by molar-refractivity contribution is 0.616. The predicted molar refractivity (Wildman–Crippen MR) is 77.3 cm³/mol. The van der Waals surface area contributed by atoms with Crippen molar-refractivity contribution < 1.29 is 4.39 Å². The number of aromatic nitrogens is 1. The fraction of sp³-hybridized carbons (Fsp3) is 0.0625. The van der Waals surface area contributed by atoms with Crippen LogP contribution in [0.3, 0.4) is 0 Å². The highest BCUT2D eigenvalue weighted by Gasteiger charge is 2.15. The van der Waals surface area contributed by atoms with E-state index in [9.17, 15) is 4.39 Å². The molecule has 0 aliphatic rings. The third kappa shape index (κ3) is 2.27. The van der Waals surface area contributed by atoms with Gasteiger partial charge < -0.3 is 0 Å². The molecule has 1 heterocycles. The molecule has 0 amide bonds. The van der Waals surface area contributed by atoms with E-state index in [0.29, 0.717) is 0 Å². The van der Waals surface area contributed by atoms with Gasteiger partial charge in [-0.2, -0.15) is 0 Å². The van der Waals surface area contributed by atoms with Crippen LogP contribution in [0.4, 0.5) is 4.39 Å². The third-order valence-corrected chi connectivity index (χ3v) is 3.38. The van der Waals surface area contributed by atoms with E-state index in [1.165, 1.54) is 12.1 Å². The summed E-state index contributed by atoms with van der Waals surface area (Å²) in [4.78, 5) is 4.26. The van der Waals surface area contributed by atoms with Crippen LogP contribution in [0.2, 0.25) is 0 Å². The molecule has 0 aliphatic carbocycles. The minimum absolute atomic E-state index is 0.228. The van der Waals surface area contributed by atoms with Crippen LogP contribution in [0.5, 0.6) is 0 Å². The maximum absolute atomic E-state index is 13.0. The van der Waals surface area contributed by atoms with Gasteiger partial charge in [-0.05, 0) is 23.1 Å². The van der Waals surface area contributed by atoms with Crippen molar-refractivity contribution in [1.82, 2.24) is 10.4 Å². The lowest BCUT2D eigenvalue weighted by Gasteiger charge is -2.18. The minimum Gasteiger partial charge on any atom is -0.271 e. The van der Waals surface area contributed by atoms with E-state index in [2.05, 4.69) is 10.4 Å². The number of nitrogens with zero attached hydrogens (tertiary/aromatic N) is 1. The smallest absolute Gasteiger partial charge is 0.123 e. The molecule has 3 rings (SSSR count). The van der Waals surface area contributed by atoms with Crippen LogP contribution in [-0.2, 0) is 0 Å². The average molecular weight is 267 g/mol. The zero-order chi connectivity index (χ0) is 13.9. The standard InChI is InChI=1S/C16H14FN3/c17-13-7-5-11(6-8-13)16(20-18)15-10-19-9-12-3-1-2-4-14(12)15/h1-10,16,20H,18H2. The number of hydrogen-bond acceptors (Lipinski definition) is 3. The van der Waals surface area contributed by atoms with Gasteiger partial charge in [0, 0.05) is 23.3 Å². The molecule has 1 unspecified atom stereocenters. The van der Waals surface area contributed by atoms with Gasteiger partial charge in [-0.1, -0.05) is 36.4 Å². The maximum Gasteiger partial charge on any atom is 0.123 e. The monoisotopic (exact) mass is 267 g/mol. The average Bonchev–Trinajstić information content (AvgIpc) is 2.50. The predicted octanol–water partition coefficient (Wildman–Crippen LogP) is 2.93. The Kier molecular flexibility index (Phi) is 3.41. The van der Waals surface area contributed by atoms with E-state index < -0.39 is 0 Å². The summed E-state index contributed by atoms with van der Waals surface area (Å²) >= 11 is 0. The van der Waals surface area contributed by atoms with Gasteiger partial charge in [0.1, 0.15) is 5.82 Å². The van der Waals surface area contributed by atoms with Crippen LogP contribution >= 0.6 is 0 Å². The van der Waals surface area contributed by atoms with Crippen LogP contribution in [0, 0.1) is 5.82 Å². The van der Waals surface area contributed by atoms with Gasteiger partial charge in [-0.15, -0.1) is 0 Å². The summed E-state index contributed by atoms with van der Waals surface area (Å²) in [6.07, 6.45) is 3.60. The number of pyridine rings is 1. The molecule has 1 aromatic heterocycles. The molecule has 0 fully saturated rings. The van der Waals surface area contributed by atoms with Crippen molar-refractivity contribution >= 4 is 10.8 Å². The van der Waals surface area contributed by atoms with Gasteiger partial charge in [0.05, 0.1) is 6.04 Å². The van der Waals surface area contributed by atoms with Crippen LogP contribution in [0.25, 0.3) is 10.8 Å². The van der Waals surface area contributed by atoms with Gasteiger partial charge in [0.2, 0.25) is 0 Å². The summed E-state index contributed by atoms with van der Waals surface area (Å²) in [7, 11) is 0. The molecule has 2 aromatic carbocycles. The van der Waals surface area contributed by atoms with Crippen LogP contribution < -0.4 is 11.3 Å². The van der Waals surface area contributed by atoms with Gasteiger partial charge >= 0.3 is 0 Å². The number of fused-ring (bicyclic) bond motifs is 1. The highest BCUT2D eigenvalue weighted by Crippen LogP contribution is 2.27. The Morgan fingerprint density at radius 1 is 1.00 bits per heavy atom. The summed E-state index contributed by atoms with van der Waals surface area (Å²) in [5.41, 5.74) is 4.65. The second-order valence-corrected chi connectivity index (χ2v) is 4.60. The summed E-state index contributed by atoms with van der Waals surface area (Å²) < 4.78 is 13.0. The molecule has 3 nitrogen and oxygen atoms in total. The van der Waals surface area contributed by atoms with Gasteiger partial charge in [0.25, 0.3) is 0 Å². The number of rotatable bonds is 3. The van der Waals surface area contributed by atoms with E-state index in [1.807, 2.05) is 30.5 Å². The van der Waals surface area contributed by atoms with Crippen LogP contribution in [-0.4, -0.2) is 4.98 Å². The Morgan fingerprint density at radius 2 is 1.75 bits per heavy atom. The number of halogens is 1. The van der Waals surface area contributed by atoms with Gasteiger partial charge in [-0.25, -0.2) is 9.82 Å².